The van der Waals surface area contributed by atoms with Crippen LogP contribution in [0.2, 0.25) is 0 Å². The summed E-state index contributed by atoms with van der Waals surface area (Å²) in [5.74, 6) is -0.187. The Labute approximate surface area is 142 Å². The fourth-order valence-corrected chi connectivity index (χ4v) is 2.71. The van der Waals surface area contributed by atoms with E-state index in [-0.39, 0.29) is 11.8 Å². The Morgan fingerprint density at radius 1 is 0.875 bits per heavy atom. The van der Waals surface area contributed by atoms with E-state index in [4.69, 9.17) is 0 Å². The number of amides is 1. The molecule has 0 bridgehead atoms. The highest BCUT2D eigenvalue weighted by molar-refractivity contribution is 5.84. The zero-order valence-corrected chi connectivity index (χ0v) is 13.4. The monoisotopic (exact) mass is 316 g/mol. The van der Waals surface area contributed by atoms with Gasteiger partial charge in [0.15, 0.2) is 0 Å². The molecule has 3 nitrogen and oxygen atoms in total. The van der Waals surface area contributed by atoms with E-state index in [0.29, 0.717) is 13.0 Å². The third kappa shape index (κ3) is 4.29. The molecule has 1 heterocycles. The van der Waals surface area contributed by atoms with Gasteiger partial charge in [0.25, 0.3) is 0 Å². The average molecular weight is 316 g/mol. The first-order valence-electron chi connectivity index (χ1n) is 8.08. The van der Waals surface area contributed by atoms with Crippen molar-refractivity contribution in [2.45, 2.75) is 18.9 Å². The molecule has 0 aliphatic carbocycles. The zero-order valence-electron chi connectivity index (χ0n) is 13.4. The molecule has 1 atom stereocenters. The van der Waals surface area contributed by atoms with Crippen molar-refractivity contribution in [1.29, 1.82) is 0 Å². The van der Waals surface area contributed by atoms with Gasteiger partial charge in [-0.15, -0.1) is 0 Å². The van der Waals surface area contributed by atoms with Gasteiger partial charge in [0, 0.05) is 18.9 Å². The van der Waals surface area contributed by atoms with Crippen LogP contribution in [0, 0.1) is 0 Å². The van der Waals surface area contributed by atoms with Gasteiger partial charge in [-0.25, -0.2) is 0 Å². The van der Waals surface area contributed by atoms with Gasteiger partial charge in [0.05, 0.1) is 5.92 Å². The van der Waals surface area contributed by atoms with E-state index < -0.39 is 0 Å². The first-order valence-corrected chi connectivity index (χ1v) is 8.08. The van der Waals surface area contributed by atoms with Gasteiger partial charge in [-0.2, -0.15) is 0 Å². The van der Waals surface area contributed by atoms with E-state index >= 15 is 0 Å². The lowest BCUT2D eigenvalue weighted by Gasteiger charge is -2.17. The van der Waals surface area contributed by atoms with Crippen LogP contribution in [0.1, 0.15) is 22.6 Å². The fourth-order valence-electron chi connectivity index (χ4n) is 2.71. The highest BCUT2D eigenvalue weighted by Crippen LogP contribution is 2.21. The molecule has 1 N–H and O–H groups in total. The first kappa shape index (κ1) is 15.9. The Kier molecular flexibility index (Phi) is 5.36. The maximum Gasteiger partial charge on any atom is 0.228 e. The lowest BCUT2D eigenvalue weighted by molar-refractivity contribution is -0.122. The number of carbonyl (C=O) groups excluding carboxylic acids is 1. The zero-order chi connectivity index (χ0) is 16.6. The summed E-state index contributed by atoms with van der Waals surface area (Å²) < 4.78 is 0. The number of hydrogen-bond donors (Lipinski definition) is 1. The molecule has 0 aliphatic heterocycles. The molecule has 24 heavy (non-hydrogen) atoms. The largest absolute Gasteiger partial charge is 0.351 e. The maximum atomic E-state index is 12.8. The van der Waals surface area contributed by atoms with Crippen LogP contribution in [-0.4, -0.2) is 10.9 Å². The summed E-state index contributed by atoms with van der Waals surface area (Å²) in [5, 5.41) is 3.06. The van der Waals surface area contributed by atoms with Crippen LogP contribution < -0.4 is 5.32 Å². The summed E-state index contributed by atoms with van der Waals surface area (Å²) in [6.45, 7) is 0.538. The summed E-state index contributed by atoms with van der Waals surface area (Å²) in [6.07, 6.45) is 4.20. The molecule has 1 unspecified atom stereocenters. The van der Waals surface area contributed by atoms with E-state index in [9.17, 15) is 4.79 Å². The standard InChI is InChI=1S/C21H20N2O/c24-21(23-16-17-8-3-1-4-9-17)20(19-11-5-2-6-12-19)14-18-10-7-13-22-15-18/h1-13,15,20H,14,16H2,(H,23,24). The highest BCUT2D eigenvalue weighted by atomic mass is 16.1. The second kappa shape index (κ2) is 8.06. The van der Waals surface area contributed by atoms with Crippen molar-refractivity contribution in [3.8, 4) is 0 Å². The van der Waals surface area contributed by atoms with Crippen LogP contribution in [-0.2, 0) is 17.8 Å². The maximum absolute atomic E-state index is 12.8. The van der Waals surface area contributed by atoms with E-state index in [1.54, 1.807) is 6.20 Å². The molecule has 1 amide bonds. The second-order valence-electron chi connectivity index (χ2n) is 5.73. The van der Waals surface area contributed by atoms with Crippen LogP contribution in [0.5, 0.6) is 0 Å². The van der Waals surface area contributed by atoms with Gasteiger partial charge in [-0.05, 0) is 29.2 Å². The summed E-state index contributed by atoms with van der Waals surface area (Å²) in [7, 11) is 0. The van der Waals surface area contributed by atoms with E-state index in [1.165, 1.54) is 0 Å². The van der Waals surface area contributed by atoms with Crippen LogP contribution >= 0.6 is 0 Å². The Morgan fingerprint density at radius 3 is 2.21 bits per heavy atom. The molecule has 2 aromatic carbocycles. The molecule has 0 aliphatic rings. The molecule has 3 heteroatoms. The molecular weight excluding hydrogens is 296 g/mol. The number of carbonyl (C=O) groups is 1. The van der Waals surface area contributed by atoms with E-state index in [2.05, 4.69) is 10.3 Å². The van der Waals surface area contributed by atoms with E-state index in [1.807, 2.05) is 79.0 Å². The van der Waals surface area contributed by atoms with Crippen LogP contribution in [0.3, 0.4) is 0 Å². The van der Waals surface area contributed by atoms with Crippen molar-refractivity contribution in [3.05, 3.63) is 102 Å². The topological polar surface area (TPSA) is 42.0 Å². The van der Waals surface area contributed by atoms with Crippen LogP contribution in [0.15, 0.2) is 85.2 Å². The number of pyridine rings is 1. The van der Waals surface area contributed by atoms with Gasteiger partial charge in [0.1, 0.15) is 0 Å². The van der Waals surface area contributed by atoms with Gasteiger partial charge < -0.3 is 5.32 Å². The predicted octanol–water partition coefficient (Wildman–Crippen LogP) is 3.72. The lowest BCUT2D eigenvalue weighted by Crippen LogP contribution is -2.30. The Balaban J connectivity index is 1.75. The average Bonchev–Trinajstić information content (AvgIpc) is 2.66. The normalized spacial score (nSPS) is 11.7. The molecule has 0 saturated heterocycles. The Bertz CT molecular complexity index is 758. The lowest BCUT2D eigenvalue weighted by atomic mass is 9.91. The second-order valence-corrected chi connectivity index (χ2v) is 5.73. The van der Waals surface area contributed by atoms with Crippen molar-refractivity contribution in [1.82, 2.24) is 10.3 Å². The summed E-state index contributed by atoms with van der Waals surface area (Å²) >= 11 is 0. The minimum absolute atomic E-state index is 0.0360. The molecule has 0 fully saturated rings. The SMILES string of the molecule is O=C(NCc1ccccc1)C(Cc1cccnc1)c1ccccc1. The Hall–Kier alpha value is -2.94. The smallest absolute Gasteiger partial charge is 0.228 e. The Morgan fingerprint density at radius 2 is 1.54 bits per heavy atom. The third-order valence-corrected chi connectivity index (χ3v) is 3.99. The number of nitrogens with one attached hydrogen (secondary N) is 1. The summed E-state index contributed by atoms with van der Waals surface area (Å²) in [5.41, 5.74) is 3.17. The molecule has 3 aromatic rings. The first-order chi connectivity index (χ1) is 11.8. The van der Waals surface area contributed by atoms with Gasteiger partial charge in [-0.1, -0.05) is 66.7 Å². The molecule has 0 spiro atoms. The van der Waals surface area contributed by atoms with Crippen LogP contribution in [0.4, 0.5) is 0 Å². The predicted molar refractivity (Wildman–Crippen MR) is 95.4 cm³/mol. The number of nitrogens with zero attached hydrogens (tertiary/aromatic N) is 1. The van der Waals surface area contributed by atoms with Crippen molar-refractivity contribution in [3.63, 3.8) is 0 Å². The van der Waals surface area contributed by atoms with E-state index in [0.717, 1.165) is 16.7 Å². The van der Waals surface area contributed by atoms with Gasteiger partial charge >= 0.3 is 0 Å². The minimum Gasteiger partial charge on any atom is -0.351 e. The van der Waals surface area contributed by atoms with Crippen LogP contribution in [0.25, 0.3) is 0 Å². The van der Waals surface area contributed by atoms with Crippen molar-refractivity contribution >= 4 is 5.91 Å². The van der Waals surface area contributed by atoms with Gasteiger partial charge in [0.2, 0.25) is 5.91 Å². The molecule has 3 rings (SSSR count). The molecule has 120 valence electrons. The minimum atomic E-state index is -0.223. The summed E-state index contributed by atoms with van der Waals surface area (Å²) in [6, 6.07) is 23.8. The molecule has 1 aromatic heterocycles. The van der Waals surface area contributed by atoms with Crippen molar-refractivity contribution in [2.24, 2.45) is 0 Å². The molecule has 0 radical (unpaired) electrons. The summed E-state index contributed by atoms with van der Waals surface area (Å²) in [4.78, 5) is 16.9. The van der Waals surface area contributed by atoms with Crippen molar-refractivity contribution < 1.29 is 4.79 Å². The molecular formula is C21H20N2O. The van der Waals surface area contributed by atoms with Crippen molar-refractivity contribution in [2.75, 3.05) is 0 Å². The highest BCUT2D eigenvalue weighted by Gasteiger charge is 2.20. The number of hydrogen-bond acceptors (Lipinski definition) is 2. The third-order valence-electron chi connectivity index (χ3n) is 3.99. The molecule has 0 saturated carbocycles. The number of rotatable bonds is 6. The number of benzene rings is 2. The fraction of sp³-hybridized carbons (Fsp3) is 0.143. The van der Waals surface area contributed by atoms with Gasteiger partial charge in [-0.3, -0.25) is 9.78 Å². The quantitative estimate of drug-likeness (QED) is 0.753. The number of aromatic nitrogens is 1.